The molecule has 0 saturated carbocycles. The smallest absolute Gasteiger partial charge is 0.338 e. The normalized spacial score (nSPS) is 13.4. The van der Waals surface area contributed by atoms with Gasteiger partial charge in [0.2, 0.25) is 0 Å². The summed E-state index contributed by atoms with van der Waals surface area (Å²) in [5.74, 6) is -0.636. The topological polar surface area (TPSA) is 72.5 Å². The van der Waals surface area contributed by atoms with E-state index in [1.165, 1.54) is 0 Å². The molecule has 0 aliphatic heterocycles. The van der Waals surface area contributed by atoms with Gasteiger partial charge < -0.3 is 15.6 Å². The lowest BCUT2D eigenvalue weighted by molar-refractivity contribution is 0.00697. The summed E-state index contributed by atoms with van der Waals surface area (Å²) < 4.78 is 5.49. The van der Waals surface area contributed by atoms with E-state index in [1.54, 1.807) is 24.3 Å². The molecule has 0 heterocycles. The van der Waals surface area contributed by atoms with Gasteiger partial charge in [-0.05, 0) is 24.1 Å². The zero-order chi connectivity index (χ0) is 15.8. The second-order valence-electron chi connectivity index (χ2n) is 5.18. The number of aliphatic hydroxyl groups is 1. The monoisotopic (exact) mass is 299 g/mol. The van der Waals surface area contributed by atoms with E-state index in [1.807, 2.05) is 36.4 Å². The van der Waals surface area contributed by atoms with Gasteiger partial charge in [-0.2, -0.15) is 0 Å². The molecule has 0 fully saturated rings. The maximum Gasteiger partial charge on any atom is 0.338 e. The minimum atomic E-state index is -0.516. The van der Waals surface area contributed by atoms with Gasteiger partial charge in [-0.1, -0.05) is 48.5 Å². The van der Waals surface area contributed by atoms with E-state index in [9.17, 15) is 9.90 Å². The molecule has 0 aromatic heterocycles. The summed E-state index contributed by atoms with van der Waals surface area (Å²) in [7, 11) is 0. The number of aliphatic hydroxyl groups excluding tert-OH is 1. The highest BCUT2D eigenvalue weighted by Gasteiger charge is 2.24. The number of nitrogens with two attached hydrogens (primary N) is 1. The van der Waals surface area contributed by atoms with Crippen LogP contribution in [-0.2, 0) is 11.2 Å². The van der Waals surface area contributed by atoms with Crippen LogP contribution in [0.25, 0.3) is 0 Å². The molecule has 2 aromatic carbocycles. The summed E-state index contributed by atoms with van der Waals surface area (Å²) in [5.41, 5.74) is 7.30. The molecule has 0 aliphatic rings. The summed E-state index contributed by atoms with van der Waals surface area (Å²) >= 11 is 0. The van der Waals surface area contributed by atoms with Crippen LogP contribution in [0.1, 0.15) is 15.9 Å². The van der Waals surface area contributed by atoms with Crippen LogP contribution in [0.4, 0.5) is 0 Å². The number of hydrogen-bond acceptors (Lipinski definition) is 4. The van der Waals surface area contributed by atoms with Crippen LogP contribution >= 0.6 is 0 Å². The van der Waals surface area contributed by atoms with Gasteiger partial charge >= 0.3 is 5.97 Å². The second-order valence-corrected chi connectivity index (χ2v) is 5.18. The number of rotatable bonds is 7. The van der Waals surface area contributed by atoms with Crippen LogP contribution in [0, 0.1) is 5.92 Å². The molecule has 0 unspecified atom stereocenters. The molecule has 0 amide bonds. The number of hydrogen-bond donors (Lipinski definition) is 2. The molecule has 0 radical (unpaired) electrons. The zero-order valence-corrected chi connectivity index (χ0v) is 12.4. The van der Waals surface area contributed by atoms with Crippen LogP contribution in [0.15, 0.2) is 60.7 Å². The molecule has 0 aliphatic carbocycles. The van der Waals surface area contributed by atoms with Gasteiger partial charge in [0.05, 0.1) is 5.56 Å². The third-order valence-corrected chi connectivity index (χ3v) is 3.60. The molecule has 2 aromatic rings. The van der Waals surface area contributed by atoms with Gasteiger partial charge in [0, 0.05) is 19.1 Å². The molecule has 0 saturated heterocycles. The Bertz CT molecular complexity index is 571. The average Bonchev–Trinajstić information content (AvgIpc) is 2.59. The number of carbonyl (C=O) groups excluding carboxylic acids is 1. The van der Waals surface area contributed by atoms with Crippen molar-refractivity contribution in [2.24, 2.45) is 11.7 Å². The van der Waals surface area contributed by atoms with Crippen molar-refractivity contribution in [3.8, 4) is 0 Å². The third kappa shape index (κ3) is 4.41. The SMILES string of the molecule is NC[C@@H](OC(=O)c1ccccc1)[C@H](CO)Cc1ccccc1. The lowest BCUT2D eigenvalue weighted by Gasteiger charge is -2.24. The van der Waals surface area contributed by atoms with Crippen LogP contribution in [0.3, 0.4) is 0 Å². The summed E-state index contributed by atoms with van der Waals surface area (Å²) in [6.45, 7) is 0.0927. The number of benzene rings is 2. The molecule has 4 nitrogen and oxygen atoms in total. The molecule has 22 heavy (non-hydrogen) atoms. The first-order valence-electron chi connectivity index (χ1n) is 7.35. The van der Waals surface area contributed by atoms with Crippen molar-refractivity contribution in [3.05, 3.63) is 71.8 Å². The molecule has 3 N–H and O–H groups in total. The minimum absolute atomic E-state index is 0.0845. The van der Waals surface area contributed by atoms with E-state index < -0.39 is 12.1 Å². The van der Waals surface area contributed by atoms with Crippen LogP contribution in [0.5, 0.6) is 0 Å². The molecule has 2 atom stereocenters. The van der Waals surface area contributed by atoms with Gasteiger partial charge in [-0.15, -0.1) is 0 Å². The summed E-state index contributed by atoms with van der Waals surface area (Å²) in [6, 6.07) is 18.6. The molecular weight excluding hydrogens is 278 g/mol. The predicted molar refractivity (Wildman–Crippen MR) is 85.4 cm³/mol. The van der Waals surface area contributed by atoms with E-state index >= 15 is 0 Å². The van der Waals surface area contributed by atoms with Crippen molar-refractivity contribution in [1.82, 2.24) is 0 Å². The number of esters is 1. The van der Waals surface area contributed by atoms with E-state index in [4.69, 9.17) is 10.5 Å². The first kappa shape index (κ1) is 16.2. The van der Waals surface area contributed by atoms with Crippen LogP contribution in [-0.4, -0.2) is 30.3 Å². The molecule has 4 heteroatoms. The number of carbonyl (C=O) groups is 1. The fourth-order valence-corrected chi connectivity index (χ4v) is 2.35. The highest BCUT2D eigenvalue weighted by Crippen LogP contribution is 2.16. The fraction of sp³-hybridized carbons (Fsp3) is 0.278. The van der Waals surface area contributed by atoms with Crippen molar-refractivity contribution in [1.29, 1.82) is 0 Å². The predicted octanol–water partition coefficient (Wildman–Crippen LogP) is 2.02. The Labute approximate surface area is 130 Å². The van der Waals surface area contributed by atoms with Crippen molar-refractivity contribution in [2.45, 2.75) is 12.5 Å². The van der Waals surface area contributed by atoms with E-state index in [-0.39, 0.29) is 19.1 Å². The van der Waals surface area contributed by atoms with Crippen LogP contribution < -0.4 is 5.73 Å². The van der Waals surface area contributed by atoms with E-state index in [2.05, 4.69) is 0 Å². The molecule has 0 bridgehead atoms. The van der Waals surface area contributed by atoms with Crippen molar-refractivity contribution < 1.29 is 14.6 Å². The first-order valence-corrected chi connectivity index (χ1v) is 7.35. The maximum absolute atomic E-state index is 12.1. The van der Waals surface area contributed by atoms with E-state index in [0.717, 1.165) is 5.56 Å². The van der Waals surface area contributed by atoms with Gasteiger partial charge in [-0.25, -0.2) is 4.79 Å². The lowest BCUT2D eigenvalue weighted by atomic mass is 9.94. The lowest BCUT2D eigenvalue weighted by Crippen LogP contribution is -2.37. The third-order valence-electron chi connectivity index (χ3n) is 3.60. The van der Waals surface area contributed by atoms with Gasteiger partial charge in [0.1, 0.15) is 6.10 Å². The van der Waals surface area contributed by atoms with Gasteiger partial charge in [-0.3, -0.25) is 0 Å². The average molecular weight is 299 g/mol. The maximum atomic E-state index is 12.1. The van der Waals surface area contributed by atoms with Gasteiger partial charge in [0.25, 0.3) is 0 Å². The standard InChI is InChI=1S/C18H21NO3/c19-12-17(22-18(21)15-9-5-2-6-10-15)16(13-20)11-14-7-3-1-4-8-14/h1-10,16-17,20H,11-13,19H2/t16-,17+/m0/s1. The Morgan fingerprint density at radius 1 is 1.05 bits per heavy atom. The molecular formula is C18H21NO3. The van der Waals surface area contributed by atoms with Gasteiger partial charge in [0.15, 0.2) is 0 Å². The second kappa shape index (κ2) is 8.32. The van der Waals surface area contributed by atoms with E-state index in [0.29, 0.717) is 12.0 Å². The quantitative estimate of drug-likeness (QED) is 0.767. The summed E-state index contributed by atoms with van der Waals surface area (Å²) in [6.07, 6.45) is 0.0966. The minimum Gasteiger partial charge on any atom is -0.457 e. The number of ether oxygens (including phenoxy) is 1. The molecule has 116 valence electrons. The Kier molecular flexibility index (Phi) is 6.13. The highest BCUT2D eigenvalue weighted by atomic mass is 16.5. The Morgan fingerprint density at radius 3 is 2.18 bits per heavy atom. The Morgan fingerprint density at radius 2 is 1.64 bits per heavy atom. The summed E-state index contributed by atoms with van der Waals surface area (Å²) in [4.78, 5) is 12.1. The fourth-order valence-electron chi connectivity index (χ4n) is 2.35. The van der Waals surface area contributed by atoms with Crippen molar-refractivity contribution in [2.75, 3.05) is 13.2 Å². The largest absolute Gasteiger partial charge is 0.457 e. The van der Waals surface area contributed by atoms with Crippen LogP contribution in [0.2, 0.25) is 0 Å². The molecule has 0 spiro atoms. The molecule has 2 rings (SSSR count). The Hall–Kier alpha value is -2.17. The highest BCUT2D eigenvalue weighted by molar-refractivity contribution is 5.89. The van der Waals surface area contributed by atoms with Crippen molar-refractivity contribution in [3.63, 3.8) is 0 Å². The Balaban J connectivity index is 2.03. The van der Waals surface area contributed by atoms with Crippen molar-refractivity contribution >= 4 is 5.97 Å². The first-order chi connectivity index (χ1) is 10.7. The summed E-state index contributed by atoms with van der Waals surface area (Å²) in [5, 5.41) is 9.63. The zero-order valence-electron chi connectivity index (χ0n) is 12.4.